The van der Waals surface area contributed by atoms with Gasteiger partial charge in [-0.2, -0.15) is 0 Å². The molecule has 0 aromatic carbocycles. The van der Waals surface area contributed by atoms with Crippen LogP contribution in [0.2, 0.25) is 0 Å². The predicted molar refractivity (Wildman–Crippen MR) is 56.0 cm³/mol. The Balaban J connectivity index is 1.72. The van der Waals surface area contributed by atoms with Crippen LogP contribution in [0.4, 0.5) is 0 Å². The first-order valence-electron chi connectivity index (χ1n) is 5.30. The molecule has 0 radical (unpaired) electrons. The second-order valence-electron chi connectivity index (χ2n) is 3.40. The Morgan fingerprint density at radius 3 is 2.25 bits per heavy atom. The smallest absolute Gasteiger partial charge is 0.318 e. The third-order valence-corrected chi connectivity index (χ3v) is 1.98. The Bertz CT molecular complexity index is 553. The van der Waals surface area contributed by atoms with Gasteiger partial charge in [0.25, 0.3) is 0 Å². The van der Waals surface area contributed by atoms with Gasteiger partial charge in [0.2, 0.25) is 0 Å². The molecule has 13 heteroatoms. The van der Waals surface area contributed by atoms with E-state index in [-0.39, 0.29) is 12.8 Å². The maximum Gasteiger partial charge on any atom is 0.353 e. The summed E-state index contributed by atoms with van der Waals surface area (Å²) in [5.74, 6) is -1.49. The molecule has 0 aliphatic heterocycles. The van der Waals surface area contributed by atoms with E-state index < -0.39 is 18.0 Å². The zero-order valence-electron chi connectivity index (χ0n) is 9.93. The standard InChI is InChI=1S/C7H9N9O4/c8-5(7(18)20-16-12-4-10-14-16)1-2-6(17)19-15-11-3-9-13-15/h3-5H,1-2,8H2/t5-/m0/s1. The average Bonchev–Trinajstić information content (AvgIpc) is 3.09. The van der Waals surface area contributed by atoms with Crippen LogP contribution in [0.1, 0.15) is 12.8 Å². The van der Waals surface area contributed by atoms with Crippen molar-refractivity contribution in [3.8, 4) is 0 Å². The number of nitrogens with two attached hydrogens (primary N) is 1. The molecule has 2 aromatic rings. The van der Waals surface area contributed by atoms with E-state index in [1.807, 2.05) is 0 Å². The highest BCUT2D eigenvalue weighted by Gasteiger charge is 2.19. The van der Waals surface area contributed by atoms with Crippen LogP contribution >= 0.6 is 0 Å². The maximum atomic E-state index is 11.5. The summed E-state index contributed by atoms with van der Waals surface area (Å²) < 4.78 is 0. The normalized spacial score (nSPS) is 11.8. The fraction of sp³-hybridized carbons (Fsp3) is 0.429. The van der Waals surface area contributed by atoms with Crippen LogP contribution in [-0.4, -0.2) is 58.7 Å². The molecule has 0 saturated carbocycles. The van der Waals surface area contributed by atoms with Gasteiger partial charge in [0.1, 0.15) is 6.04 Å². The molecule has 20 heavy (non-hydrogen) atoms. The summed E-state index contributed by atoms with van der Waals surface area (Å²) in [4.78, 5) is 33.3. The molecule has 2 N–H and O–H groups in total. The molecule has 13 nitrogen and oxygen atoms in total. The summed E-state index contributed by atoms with van der Waals surface area (Å²) in [7, 11) is 0. The van der Waals surface area contributed by atoms with E-state index in [2.05, 4.69) is 40.5 Å². The Morgan fingerprint density at radius 1 is 1.10 bits per heavy atom. The van der Waals surface area contributed by atoms with Crippen molar-refractivity contribution in [1.82, 2.24) is 40.7 Å². The van der Waals surface area contributed by atoms with Gasteiger partial charge in [0.05, 0.1) is 6.42 Å². The third-order valence-electron chi connectivity index (χ3n) is 1.98. The lowest BCUT2D eigenvalue weighted by atomic mass is 10.2. The second kappa shape index (κ2) is 6.28. The lowest BCUT2D eigenvalue weighted by molar-refractivity contribution is -0.151. The molecule has 2 heterocycles. The first kappa shape index (κ1) is 13.5. The number of carbonyl (C=O) groups is 2. The highest BCUT2D eigenvalue weighted by atomic mass is 16.7. The lowest BCUT2D eigenvalue weighted by Crippen LogP contribution is -2.39. The van der Waals surface area contributed by atoms with Gasteiger partial charge in [-0.05, 0) is 16.8 Å². The van der Waals surface area contributed by atoms with E-state index in [1.165, 1.54) is 0 Å². The van der Waals surface area contributed by atoms with E-state index >= 15 is 0 Å². The van der Waals surface area contributed by atoms with Crippen LogP contribution in [0.15, 0.2) is 12.7 Å². The molecule has 0 aliphatic carbocycles. The summed E-state index contributed by atoms with van der Waals surface area (Å²) >= 11 is 0. The molecular weight excluding hydrogens is 274 g/mol. The predicted octanol–water partition coefficient (Wildman–Crippen LogP) is -3.62. The molecule has 0 unspecified atom stereocenters. The minimum Gasteiger partial charge on any atom is -0.318 e. The van der Waals surface area contributed by atoms with Gasteiger partial charge >= 0.3 is 11.9 Å². The molecule has 1 atom stereocenters. The van der Waals surface area contributed by atoms with Gasteiger partial charge in [-0.25, -0.2) is 9.59 Å². The van der Waals surface area contributed by atoms with Gasteiger partial charge in [-0.1, -0.05) is 0 Å². The molecular formula is C7H9N9O4. The Kier molecular flexibility index (Phi) is 4.23. The SMILES string of the molecule is N[C@@H](CCC(=O)On1ncnn1)C(=O)On1ncnn1. The van der Waals surface area contributed by atoms with Crippen molar-refractivity contribution in [2.24, 2.45) is 5.73 Å². The Morgan fingerprint density at radius 2 is 1.70 bits per heavy atom. The molecule has 0 saturated heterocycles. The zero-order chi connectivity index (χ0) is 14.4. The highest BCUT2D eigenvalue weighted by Crippen LogP contribution is 1.96. The summed E-state index contributed by atoms with van der Waals surface area (Å²) in [6.45, 7) is 0. The molecule has 2 aromatic heterocycles. The van der Waals surface area contributed by atoms with Crippen molar-refractivity contribution >= 4 is 11.9 Å². The van der Waals surface area contributed by atoms with Crippen LogP contribution in [0, 0.1) is 0 Å². The zero-order valence-corrected chi connectivity index (χ0v) is 9.93. The van der Waals surface area contributed by atoms with Crippen LogP contribution in [0.25, 0.3) is 0 Å². The van der Waals surface area contributed by atoms with E-state index in [0.717, 1.165) is 12.7 Å². The number of rotatable bonds is 6. The minimum atomic E-state index is -1.04. The molecule has 0 fully saturated rings. The van der Waals surface area contributed by atoms with Crippen LogP contribution < -0.4 is 15.4 Å². The molecule has 0 bridgehead atoms. The van der Waals surface area contributed by atoms with E-state index in [4.69, 9.17) is 5.73 Å². The van der Waals surface area contributed by atoms with Crippen molar-refractivity contribution in [3.63, 3.8) is 0 Å². The second-order valence-corrected chi connectivity index (χ2v) is 3.40. The first-order valence-corrected chi connectivity index (χ1v) is 5.30. The lowest BCUT2D eigenvalue weighted by Gasteiger charge is -2.08. The maximum absolute atomic E-state index is 11.5. The third kappa shape index (κ3) is 3.77. The van der Waals surface area contributed by atoms with Crippen LogP contribution in [0.5, 0.6) is 0 Å². The van der Waals surface area contributed by atoms with Crippen LogP contribution in [-0.2, 0) is 9.59 Å². The number of tetrazole rings is 2. The number of nitrogens with zero attached hydrogens (tertiary/aromatic N) is 8. The highest BCUT2D eigenvalue weighted by molar-refractivity contribution is 5.77. The molecule has 0 amide bonds. The van der Waals surface area contributed by atoms with Gasteiger partial charge in [-0.3, -0.25) is 4.84 Å². The summed E-state index contributed by atoms with van der Waals surface area (Å²) in [5, 5.41) is 20.3. The summed E-state index contributed by atoms with van der Waals surface area (Å²) in [6, 6.07) is -1.04. The summed E-state index contributed by atoms with van der Waals surface area (Å²) in [5.41, 5.74) is 5.53. The first-order chi connectivity index (χ1) is 9.65. The van der Waals surface area contributed by atoms with Gasteiger partial charge < -0.3 is 10.6 Å². The molecule has 2 rings (SSSR count). The van der Waals surface area contributed by atoms with E-state index in [0.29, 0.717) is 9.92 Å². The summed E-state index contributed by atoms with van der Waals surface area (Å²) in [6.07, 6.45) is 2.05. The quantitative estimate of drug-likeness (QED) is 0.519. The van der Waals surface area contributed by atoms with Crippen molar-refractivity contribution in [1.29, 1.82) is 0 Å². The van der Waals surface area contributed by atoms with Gasteiger partial charge in [0.15, 0.2) is 12.7 Å². The van der Waals surface area contributed by atoms with Crippen LogP contribution in [0.3, 0.4) is 0 Å². The van der Waals surface area contributed by atoms with Crippen molar-refractivity contribution in [3.05, 3.63) is 12.7 Å². The van der Waals surface area contributed by atoms with Crippen molar-refractivity contribution in [2.45, 2.75) is 18.9 Å². The van der Waals surface area contributed by atoms with Crippen molar-refractivity contribution in [2.75, 3.05) is 0 Å². The number of aromatic nitrogens is 8. The fourth-order valence-corrected chi connectivity index (χ4v) is 1.08. The van der Waals surface area contributed by atoms with E-state index in [1.54, 1.807) is 0 Å². The molecule has 106 valence electrons. The molecule has 0 spiro atoms. The average molecular weight is 283 g/mol. The van der Waals surface area contributed by atoms with Gasteiger partial charge in [-0.15, -0.1) is 20.4 Å². The largest absolute Gasteiger partial charge is 0.353 e. The Labute approximate surface area is 110 Å². The topological polar surface area (TPSA) is 166 Å². The van der Waals surface area contributed by atoms with Crippen molar-refractivity contribution < 1.29 is 19.3 Å². The number of hydrogen-bond acceptors (Lipinski definition) is 11. The molecule has 0 aliphatic rings. The van der Waals surface area contributed by atoms with Gasteiger partial charge in [0, 0.05) is 9.92 Å². The Hall–Kier alpha value is -2.96. The number of hydrogen-bond donors (Lipinski definition) is 1. The number of carbonyl (C=O) groups excluding carboxylic acids is 2. The van der Waals surface area contributed by atoms with E-state index in [9.17, 15) is 9.59 Å². The minimum absolute atomic E-state index is 0.00105. The fourth-order valence-electron chi connectivity index (χ4n) is 1.08. The monoisotopic (exact) mass is 283 g/mol.